The molecule has 35 heavy (non-hydrogen) atoms. The second-order valence-corrected chi connectivity index (χ2v) is 8.80. The third-order valence-corrected chi connectivity index (χ3v) is 4.69. The summed E-state index contributed by atoms with van der Waals surface area (Å²) >= 11 is 0. The summed E-state index contributed by atoms with van der Waals surface area (Å²) in [5.41, 5.74) is 1.84. The van der Waals surface area contributed by atoms with Gasteiger partial charge in [0.15, 0.2) is 11.5 Å². The van der Waals surface area contributed by atoms with Crippen LogP contribution in [0.25, 0.3) is 0 Å². The van der Waals surface area contributed by atoms with Gasteiger partial charge < -0.3 is 30.2 Å². The molecule has 3 amide bonds. The van der Waals surface area contributed by atoms with Crippen LogP contribution in [0.1, 0.15) is 45.2 Å². The molecule has 0 saturated carbocycles. The number of nitrogens with one attached hydrogen (secondary N) is 3. The summed E-state index contributed by atoms with van der Waals surface area (Å²) in [7, 11) is 1.59. The minimum absolute atomic E-state index is 0.0663. The van der Waals surface area contributed by atoms with Crippen LogP contribution in [-0.2, 0) is 27.3 Å². The van der Waals surface area contributed by atoms with Gasteiger partial charge in [0.25, 0.3) is 0 Å². The Balaban J connectivity index is 1.74. The smallest absolute Gasteiger partial charge is 0.408 e. The third kappa shape index (κ3) is 10.4. The molecular formula is C26H35N3O6. The lowest BCUT2D eigenvalue weighted by atomic mass is 10.1. The van der Waals surface area contributed by atoms with E-state index in [9.17, 15) is 14.4 Å². The Kier molecular flexibility index (Phi) is 10.4. The summed E-state index contributed by atoms with van der Waals surface area (Å²) in [5, 5.41) is 8.00. The predicted molar refractivity (Wildman–Crippen MR) is 134 cm³/mol. The number of hydrogen-bond donors (Lipinski definition) is 3. The highest BCUT2D eigenvalue weighted by atomic mass is 16.6. The van der Waals surface area contributed by atoms with Gasteiger partial charge in [-0.15, -0.1) is 0 Å². The first-order valence-electron chi connectivity index (χ1n) is 11.5. The maximum Gasteiger partial charge on any atom is 0.408 e. The number of methoxy groups -OCH3 is 1. The summed E-state index contributed by atoms with van der Waals surface area (Å²) in [6.07, 6.45) is 0.271. The third-order valence-electron chi connectivity index (χ3n) is 4.69. The van der Waals surface area contributed by atoms with Gasteiger partial charge in [-0.2, -0.15) is 0 Å². The molecule has 0 aliphatic carbocycles. The predicted octanol–water partition coefficient (Wildman–Crippen LogP) is 3.81. The number of anilines is 1. The van der Waals surface area contributed by atoms with Crippen LogP contribution in [0, 0.1) is 0 Å². The van der Waals surface area contributed by atoms with Crippen molar-refractivity contribution >= 4 is 23.6 Å². The number of benzene rings is 2. The van der Waals surface area contributed by atoms with E-state index in [1.807, 2.05) is 37.3 Å². The standard InChI is InChI=1S/C26H35N3O6/c1-6-34-21-13-9-18(15-22(21)33-5)10-14-23(30)27-16-19-7-11-20(12-8-19)29-24(31)17-28-25(32)35-26(2,3)4/h7-9,11-13,15H,6,10,14,16-17H2,1-5H3,(H,27,30)(H,28,32)(H,29,31). The SMILES string of the molecule is CCOc1ccc(CCC(=O)NCc2ccc(NC(=O)CNC(=O)OC(C)(C)C)cc2)cc1OC. The first-order chi connectivity index (χ1) is 16.6. The lowest BCUT2D eigenvalue weighted by Gasteiger charge is -2.19. The monoisotopic (exact) mass is 485 g/mol. The van der Waals surface area contributed by atoms with Crippen LogP contribution in [-0.4, -0.2) is 43.8 Å². The summed E-state index contributed by atoms with van der Waals surface area (Å²) < 4.78 is 16.0. The van der Waals surface area contributed by atoms with Crippen molar-refractivity contribution in [2.45, 2.75) is 52.7 Å². The second-order valence-electron chi connectivity index (χ2n) is 8.80. The molecule has 0 aromatic heterocycles. The van der Waals surface area contributed by atoms with Crippen LogP contribution < -0.4 is 25.4 Å². The van der Waals surface area contributed by atoms with Crippen LogP contribution in [0.5, 0.6) is 11.5 Å². The minimum atomic E-state index is -0.652. The van der Waals surface area contributed by atoms with E-state index in [4.69, 9.17) is 14.2 Å². The molecule has 0 bridgehead atoms. The lowest BCUT2D eigenvalue weighted by Crippen LogP contribution is -2.37. The molecule has 2 rings (SSSR count). The Labute approximate surface area is 206 Å². The number of alkyl carbamates (subject to hydrolysis) is 1. The van der Waals surface area contributed by atoms with Crippen molar-refractivity contribution in [3.8, 4) is 11.5 Å². The molecule has 0 radical (unpaired) electrons. The highest BCUT2D eigenvalue weighted by molar-refractivity contribution is 5.93. The largest absolute Gasteiger partial charge is 0.493 e. The molecular weight excluding hydrogens is 450 g/mol. The molecule has 0 heterocycles. The number of ether oxygens (including phenoxy) is 3. The van der Waals surface area contributed by atoms with Gasteiger partial charge in [-0.05, 0) is 69.5 Å². The van der Waals surface area contributed by atoms with E-state index >= 15 is 0 Å². The number of carbonyl (C=O) groups excluding carboxylic acids is 3. The molecule has 3 N–H and O–H groups in total. The van der Waals surface area contributed by atoms with Crippen molar-refractivity contribution in [2.75, 3.05) is 25.6 Å². The van der Waals surface area contributed by atoms with Gasteiger partial charge >= 0.3 is 6.09 Å². The molecule has 0 fully saturated rings. The van der Waals surface area contributed by atoms with E-state index < -0.39 is 11.7 Å². The summed E-state index contributed by atoms with van der Waals surface area (Å²) in [6.45, 7) is 7.87. The topological polar surface area (TPSA) is 115 Å². The normalized spacial score (nSPS) is 10.8. The van der Waals surface area contributed by atoms with E-state index in [1.165, 1.54) is 0 Å². The molecule has 2 aromatic rings. The molecule has 0 spiro atoms. The average Bonchev–Trinajstić information content (AvgIpc) is 2.80. The Morgan fingerprint density at radius 3 is 2.20 bits per heavy atom. The zero-order chi connectivity index (χ0) is 25.8. The Hall–Kier alpha value is -3.75. The van der Waals surface area contributed by atoms with Crippen molar-refractivity contribution < 1.29 is 28.6 Å². The van der Waals surface area contributed by atoms with Crippen molar-refractivity contribution in [1.82, 2.24) is 10.6 Å². The quantitative estimate of drug-likeness (QED) is 0.446. The number of aryl methyl sites for hydroxylation is 1. The highest BCUT2D eigenvalue weighted by Gasteiger charge is 2.16. The molecule has 0 atom stereocenters. The van der Waals surface area contributed by atoms with Gasteiger partial charge in [0.2, 0.25) is 11.8 Å². The van der Waals surface area contributed by atoms with E-state index in [1.54, 1.807) is 40.0 Å². The van der Waals surface area contributed by atoms with E-state index in [2.05, 4.69) is 16.0 Å². The fourth-order valence-electron chi connectivity index (χ4n) is 3.07. The highest BCUT2D eigenvalue weighted by Crippen LogP contribution is 2.28. The van der Waals surface area contributed by atoms with E-state index in [-0.39, 0.29) is 18.4 Å². The van der Waals surface area contributed by atoms with Gasteiger partial charge in [0.05, 0.1) is 13.7 Å². The van der Waals surface area contributed by atoms with Gasteiger partial charge in [0, 0.05) is 18.7 Å². The van der Waals surface area contributed by atoms with Crippen molar-refractivity contribution in [3.05, 3.63) is 53.6 Å². The fraction of sp³-hybridized carbons (Fsp3) is 0.423. The molecule has 9 heteroatoms. The maximum atomic E-state index is 12.3. The number of hydrogen-bond acceptors (Lipinski definition) is 6. The molecule has 0 saturated heterocycles. The molecule has 2 aromatic carbocycles. The van der Waals surface area contributed by atoms with Gasteiger partial charge in [-0.1, -0.05) is 18.2 Å². The molecule has 0 aliphatic heterocycles. The summed E-state index contributed by atoms with van der Waals surface area (Å²) in [5.74, 6) is 0.894. The molecule has 0 unspecified atom stereocenters. The van der Waals surface area contributed by atoms with Crippen molar-refractivity contribution in [3.63, 3.8) is 0 Å². The van der Waals surface area contributed by atoms with Gasteiger partial charge in [0.1, 0.15) is 12.1 Å². The van der Waals surface area contributed by atoms with Gasteiger partial charge in [-0.3, -0.25) is 9.59 Å². The minimum Gasteiger partial charge on any atom is -0.493 e. The van der Waals surface area contributed by atoms with Crippen molar-refractivity contribution in [1.29, 1.82) is 0 Å². The van der Waals surface area contributed by atoms with Crippen molar-refractivity contribution in [2.24, 2.45) is 0 Å². The molecule has 0 aliphatic rings. The number of rotatable bonds is 11. The Morgan fingerprint density at radius 1 is 0.886 bits per heavy atom. The second kappa shape index (κ2) is 13.2. The van der Waals surface area contributed by atoms with Crippen LogP contribution in [0.2, 0.25) is 0 Å². The summed E-state index contributed by atoms with van der Waals surface area (Å²) in [6, 6.07) is 12.8. The fourth-order valence-corrected chi connectivity index (χ4v) is 3.07. The van der Waals surface area contributed by atoms with Gasteiger partial charge in [-0.25, -0.2) is 4.79 Å². The summed E-state index contributed by atoms with van der Waals surface area (Å²) in [4.78, 5) is 35.9. The molecule has 9 nitrogen and oxygen atoms in total. The van der Waals surface area contributed by atoms with E-state index in [0.717, 1.165) is 11.1 Å². The van der Waals surface area contributed by atoms with Crippen LogP contribution in [0.3, 0.4) is 0 Å². The van der Waals surface area contributed by atoms with E-state index in [0.29, 0.717) is 43.2 Å². The van der Waals surface area contributed by atoms with Crippen LogP contribution in [0.15, 0.2) is 42.5 Å². The Morgan fingerprint density at radius 2 is 1.57 bits per heavy atom. The molecule has 190 valence electrons. The zero-order valence-electron chi connectivity index (χ0n) is 21.0. The maximum absolute atomic E-state index is 12.3. The zero-order valence-corrected chi connectivity index (χ0v) is 21.0. The number of amides is 3. The lowest BCUT2D eigenvalue weighted by molar-refractivity contribution is -0.121. The first-order valence-corrected chi connectivity index (χ1v) is 11.5. The number of carbonyl (C=O) groups is 3. The first kappa shape index (κ1) is 27.5. The van der Waals surface area contributed by atoms with Crippen LogP contribution >= 0.6 is 0 Å². The average molecular weight is 486 g/mol. The Bertz CT molecular complexity index is 999. The van der Waals surface area contributed by atoms with Crippen LogP contribution in [0.4, 0.5) is 10.5 Å².